The smallest absolute Gasteiger partial charge is 0.409 e. The highest BCUT2D eigenvalue weighted by atomic mass is 16.6. The Labute approximate surface area is 152 Å². The summed E-state index contributed by atoms with van der Waals surface area (Å²) >= 11 is 0. The molecule has 3 aliphatic rings. The topological polar surface area (TPSA) is 58.6 Å². The van der Waals surface area contributed by atoms with Crippen LogP contribution in [-0.2, 0) is 9.53 Å². The number of ether oxygens (including phenoxy) is 1. The van der Waals surface area contributed by atoms with Crippen molar-refractivity contribution in [1.29, 1.82) is 0 Å². The van der Waals surface area contributed by atoms with Gasteiger partial charge in [-0.2, -0.15) is 0 Å². The van der Waals surface area contributed by atoms with E-state index in [1.54, 1.807) is 4.90 Å². The van der Waals surface area contributed by atoms with Gasteiger partial charge < -0.3 is 15.0 Å². The number of carbonyl (C=O) groups is 2. The van der Waals surface area contributed by atoms with Gasteiger partial charge in [-0.15, -0.1) is 0 Å². The fourth-order valence-corrected chi connectivity index (χ4v) is 4.51. The van der Waals surface area contributed by atoms with Crippen molar-refractivity contribution in [2.24, 2.45) is 0 Å². The number of likely N-dealkylation sites (tertiary alicyclic amines) is 1. The number of carbonyl (C=O) groups excluding carboxylic acids is 2. The summed E-state index contributed by atoms with van der Waals surface area (Å²) in [5.74, 6) is 0.296. The van der Waals surface area contributed by atoms with E-state index in [-0.39, 0.29) is 23.3 Å². The number of fused-ring (bicyclic) bond motifs is 3. The molecule has 2 fully saturated rings. The molecular weight excluding hydrogens is 328 g/mol. The minimum atomic E-state index is -0.293. The number of hydrogen-bond acceptors (Lipinski definition) is 4. The normalized spacial score (nSPS) is 20.0. The Hall–Kier alpha value is -2.66. The van der Waals surface area contributed by atoms with Gasteiger partial charge in [0.25, 0.3) is 0 Å². The van der Waals surface area contributed by atoms with E-state index < -0.39 is 0 Å². The summed E-state index contributed by atoms with van der Waals surface area (Å²) in [5.41, 5.74) is 4.67. The van der Waals surface area contributed by atoms with Crippen LogP contribution in [0.2, 0.25) is 0 Å². The Morgan fingerprint density at radius 2 is 1.69 bits per heavy atom. The standard InChI is InChI=1S/C21H20N2O3/c24-14-9-21(22-10-14)12-23(13-21)20(25)26-11-19-17-7-3-1-5-15(17)16-6-2-4-8-18(16)19/h1-8,19,22H,9-13H2. The summed E-state index contributed by atoms with van der Waals surface area (Å²) in [7, 11) is 0. The molecule has 2 heterocycles. The molecule has 2 aromatic carbocycles. The van der Waals surface area contributed by atoms with Gasteiger partial charge >= 0.3 is 6.09 Å². The van der Waals surface area contributed by atoms with Crippen LogP contribution in [0, 0.1) is 0 Å². The lowest BCUT2D eigenvalue weighted by Crippen LogP contribution is -2.68. The minimum absolute atomic E-state index is 0.0766. The summed E-state index contributed by atoms with van der Waals surface area (Å²) in [6.07, 6.45) is 0.221. The Morgan fingerprint density at radius 1 is 1.08 bits per heavy atom. The predicted octanol–water partition coefficient (Wildman–Crippen LogP) is 2.55. The average Bonchev–Trinajstić information content (AvgIpc) is 3.17. The molecule has 0 atom stereocenters. The zero-order chi connectivity index (χ0) is 17.7. The molecule has 0 unspecified atom stereocenters. The quantitative estimate of drug-likeness (QED) is 0.906. The van der Waals surface area contributed by atoms with E-state index in [0.29, 0.717) is 32.7 Å². The fraction of sp³-hybridized carbons (Fsp3) is 0.333. The summed E-state index contributed by atoms with van der Waals surface area (Å²) in [5, 5.41) is 3.23. The summed E-state index contributed by atoms with van der Waals surface area (Å²) < 4.78 is 5.65. The molecule has 26 heavy (non-hydrogen) atoms. The van der Waals surface area contributed by atoms with Crippen LogP contribution < -0.4 is 5.32 Å². The largest absolute Gasteiger partial charge is 0.448 e. The lowest BCUT2D eigenvalue weighted by Gasteiger charge is -2.46. The highest BCUT2D eigenvalue weighted by Gasteiger charge is 2.50. The molecule has 0 saturated carbocycles. The summed E-state index contributed by atoms with van der Waals surface area (Å²) in [6.45, 7) is 1.85. The maximum atomic E-state index is 12.4. The first-order valence-corrected chi connectivity index (χ1v) is 9.02. The predicted molar refractivity (Wildman–Crippen MR) is 97.0 cm³/mol. The van der Waals surface area contributed by atoms with Crippen LogP contribution in [0.25, 0.3) is 11.1 Å². The third-order valence-electron chi connectivity index (χ3n) is 5.78. The van der Waals surface area contributed by atoms with Crippen molar-refractivity contribution < 1.29 is 14.3 Å². The third kappa shape index (κ3) is 2.35. The molecule has 5 rings (SSSR count). The Kier molecular flexibility index (Phi) is 3.40. The van der Waals surface area contributed by atoms with E-state index in [9.17, 15) is 9.59 Å². The first-order valence-electron chi connectivity index (χ1n) is 9.02. The Morgan fingerprint density at radius 3 is 2.27 bits per heavy atom. The first-order chi connectivity index (χ1) is 12.7. The van der Waals surface area contributed by atoms with Gasteiger partial charge in [0.1, 0.15) is 12.4 Å². The Balaban J connectivity index is 1.28. The number of rotatable bonds is 2. The van der Waals surface area contributed by atoms with Gasteiger partial charge in [-0.3, -0.25) is 4.79 Å². The van der Waals surface area contributed by atoms with Gasteiger partial charge in [0, 0.05) is 25.4 Å². The molecule has 2 aromatic rings. The SMILES string of the molecule is O=C1CNC2(C1)CN(C(=O)OCC1c3ccccc3-c3ccccc31)C2. The van der Waals surface area contributed by atoms with E-state index in [2.05, 4.69) is 29.6 Å². The Bertz CT molecular complexity index is 856. The maximum Gasteiger partial charge on any atom is 0.409 e. The minimum Gasteiger partial charge on any atom is -0.448 e. The maximum absolute atomic E-state index is 12.4. The molecule has 1 aliphatic carbocycles. The van der Waals surface area contributed by atoms with Gasteiger partial charge in [-0.05, 0) is 22.3 Å². The molecule has 5 heteroatoms. The van der Waals surface area contributed by atoms with E-state index in [4.69, 9.17) is 4.74 Å². The second kappa shape index (κ2) is 5.68. The lowest BCUT2D eigenvalue weighted by atomic mass is 9.88. The van der Waals surface area contributed by atoms with Crippen LogP contribution in [0.4, 0.5) is 4.79 Å². The molecule has 0 radical (unpaired) electrons. The number of Topliss-reactive ketones (excluding diaryl/α,β-unsaturated/α-hetero) is 1. The first kappa shape index (κ1) is 15.6. The molecule has 1 amide bonds. The van der Waals surface area contributed by atoms with Gasteiger partial charge in [-0.1, -0.05) is 48.5 Å². The summed E-state index contributed by atoms with van der Waals surface area (Å²) in [4.78, 5) is 25.6. The van der Waals surface area contributed by atoms with E-state index in [1.807, 2.05) is 24.3 Å². The molecule has 132 valence electrons. The number of amides is 1. The van der Waals surface area contributed by atoms with Crippen molar-refractivity contribution in [2.75, 3.05) is 26.2 Å². The molecule has 0 bridgehead atoms. The van der Waals surface area contributed by atoms with Crippen LogP contribution in [-0.4, -0.2) is 48.6 Å². The molecule has 1 N–H and O–H groups in total. The van der Waals surface area contributed by atoms with E-state index in [1.165, 1.54) is 22.3 Å². The number of ketones is 1. The number of nitrogens with one attached hydrogen (secondary N) is 1. The van der Waals surface area contributed by atoms with Crippen molar-refractivity contribution >= 4 is 11.9 Å². The monoisotopic (exact) mass is 348 g/mol. The lowest BCUT2D eigenvalue weighted by molar-refractivity contribution is -0.117. The molecule has 2 saturated heterocycles. The van der Waals surface area contributed by atoms with Crippen molar-refractivity contribution in [2.45, 2.75) is 17.9 Å². The van der Waals surface area contributed by atoms with Gasteiger partial charge in [0.15, 0.2) is 0 Å². The zero-order valence-corrected chi connectivity index (χ0v) is 14.4. The average molecular weight is 348 g/mol. The van der Waals surface area contributed by atoms with Crippen LogP contribution >= 0.6 is 0 Å². The van der Waals surface area contributed by atoms with Crippen molar-refractivity contribution in [1.82, 2.24) is 10.2 Å². The third-order valence-corrected chi connectivity index (χ3v) is 5.78. The second-order valence-corrected chi connectivity index (χ2v) is 7.51. The number of hydrogen-bond donors (Lipinski definition) is 1. The van der Waals surface area contributed by atoms with Crippen molar-refractivity contribution in [3.63, 3.8) is 0 Å². The van der Waals surface area contributed by atoms with Crippen LogP contribution in [0.5, 0.6) is 0 Å². The highest BCUT2D eigenvalue weighted by Crippen LogP contribution is 2.44. The van der Waals surface area contributed by atoms with Crippen molar-refractivity contribution in [3.8, 4) is 11.1 Å². The highest BCUT2D eigenvalue weighted by molar-refractivity contribution is 5.85. The molecule has 2 aliphatic heterocycles. The molecule has 0 aromatic heterocycles. The molecular formula is C21H20N2O3. The van der Waals surface area contributed by atoms with Gasteiger partial charge in [0.2, 0.25) is 0 Å². The van der Waals surface area contributed by atoms with Crippen molar-refractivity contribution in [3.05, 3.63) is 59.7 Å². The fourth-order valence-electron chi connectivity index (χ4n) is 4.51. The number of nitrogens with zero attached hydrogens (tertiary/aromatic N) is 1. The van der Waals surface area contributed by atoms with Gasteiger partial charge in [-0.25, -0.2) is 4.79 Å². The number of benzene rings is 2. The van der Waals surface area contributed by atoms with E-state index >= 15 is 0 Å². The summed E-state index contributed by atoms with van der Waals surface area (Å²) in [6, 6.07) is 16.6. The van der Waals surface area contributed by atoms with Crippen LogP contribution in [0.15, 0.2) is 48.5 Å². The zero-order valence-electron chi connectivity index (χ0n) is 14.4. The van der Waals surface area contributed by atoms with Crippen LogP contribution in [0.1, 0.15) is 23.5 Å². The van der Waals surface area contributed by atoms with Crippen LogP contribution in [0.3, 0.4) is 0 Å². The second-order valence-electron chi connectivity index (χ2n) is 7.51. The molecule has 5 nitrogen and oxygen atoms in total. The van der Waals surface area contributed by atoms with E-state index in [0.717, 1.165) is 0 Å². The van der Waals surface area contributed by atoms with Gasteiger partial charge in [0.05, 0.1) is 12.1 Å². The molecule has 1 spiro atoms.